The van der Waals surface area contributed by atoms with Gasteiger partial charge in [0.25, 0.3) is 0 Å². The van der Waals surface area contributed by atoms with Crippen molar-refractivity contribution >= 4 is 38.8 Å². The molecule has 0 radical (unpaired) electrons. The maximum atomic E-state index is 5.72. The molecule has 0 saturated heterocycles. The smallest absolute Gasteiger partial charge is 0.107 e. The van der Waals surface area contributed by atoms with Gasteiger partial charge in [0.05, 0.1) is 0 Å². The number of hydrogen-bond acceptors (Lipinski definition) is 2. The number of thiocarbonyl (C=S) groups is 1. The Hall–Kier alpha value is -0.610. The van der Waals surface area contributed by atoms with Crippen LogP contribution in [0, 0.1) is 0 Å². The number of rotatable bonds is 3. The standard InChI is InChI=1S/C11H13BrN2S/c1-11(5-6-11)14-8-4-2-3-7(12)9(8)10(13)15/h2-4,14H,5-6H2,1H3,(H2,13,15). The van der Waals surface area contributed by atoms with Gasteiger partial charge in [-0.15, -0.1) is 0 Å². The predicted molar refractivity (Wildman–Crippen MR) is 71.3 cm³/mol. The molecule has 0 unspecified atom stereocenters. The molecule has 0 aliphatic heterocycles. The second kappa shape index (κ2) is 3.76. The molecule has 1 fully saturated rings. The summed E-state index contributed by atoms with van der Waals surface area (Å²) in [5.74, 6) is 0. The molecular formula is C11H13BrN2S. The first-order valence-corrected chi connectivity index (χ1v) is 6.08. The van der Waals surface area contributed by atoms with Gasteiger partial charge < -0.3 is 11.1 Å². The van der Waals surface area contributed by atoms with E-state index in [1.54, 1.807) is 0 Å². The summed E-state index contributed by atoms with van der Waals surface area (Å²) in [6, 6.07) is 5.96. The third kappa shape index (κ3) is 2.32. The number of nitrogens with two attached hydrogens (primary N) is 1. The van der Waals surface area contributed by atoms with Crippen molar-refractivity contribution < 1.29 is 0 Å². The Balaban J connectivity index is 2.37. The van der Waals surface area contributed by atoms with Crippen molar-refractivity contribution in [1.29, 1.82) is 0 Å². The van der Waals surface area contributed by atoms with E-state index in [4.69, 9.17) is 18.0 Å². The zero-order valence-corrected chi connectivity index (χ0v) is 10.9. The van der Waals surface area contributed by atoms with E-state index in [-0.39, 0.29) is 5.54 Å². The van der Waals surface area contributed by atoms with Crippen molar-refractivity contribution in [3.63, 3.8) is 0 Å². The zero-order valence-electron chi connectivity index (χ0n) is 8.51. The van der Waals surface area contributed by atoms with Crippen LogP contribution in [0.5, 0.6) is 0 Å². The highest BCUT2D eigenvalue weighted by Crippen LogP contribution is 2.39. The van der Waals surface area contributed by atoms with Crippen LogP contribution in [0.1, 0.15) is 25.3 Å². The molecule has 1 aliphatic rings. The molecule has 0 heterocycles. The highest BCUT2D eigenvalue weighted by Gasteiger charge is 2.37. The first kappa shape index (κ1) is 10.9. The van der Waals surface area contributed by atoms with E-state index < -0.39 is 0 Å². The van der Waals surface area contributed by atoms with Gasteiger partial charge in [-0.1, -0.05) is 18.3 Å². The fraction of sp³-hybridized carbons (Fsp3) is 0.364. The van der Waals surface area contributed by atoms with Gasteiger partial charge in [-0.3, -0.25) is 0 Å². The van der Waals surface area contributed by atoms with Crippen LogP contribution in [0.25, 0.3) is 0 Å². The van der Waals surface area contributed by atoms with Crippen LogP contribution in [-0.4, -0.2) is 10.5 Å². The quantitative estimate of drug-likeness (QED) is 0.838. The molecule has 0 atom stereocenters. The second-order valence-corrected chi connectivity index (χ2v) is 5.51. The van der Waals surface area contributed by atoms with Crippen LogP contribution in [0.3, 0.4) is 0 Å². The zero-order chi connectivity index (χ0) is 11.1. The average molecular weight is 285 g/mol. The number of benzene rings is 1. The lowest BCUT2D eigenvalue weighted by Gasteiger charge is -2.17. The molecule has 1 aromatic rings. The number of nitrogens with one attached hydrogen (secondary N) is 1. The number of halogens is 1. The molecule has 1 aromatic carbocycles. The van der Waals surface area contributed by atoms with Crippen molar-refractivity contribution in [3.05, 3.63) is 28.2 Å². The Kier molecular flexibility index (Phi) is 2.73. The minimum absolute atomic E-state index is 0.236. The monoisotopic (exact) mass is 284 g/mol. The summed E-state index contributed by atoms with van der Waals surface area (Å²) in [5, 5.41) is 3.49. The Morgan fingerprint density at radius 2 is 2.20 bits per heavy atom. The molecule has 2 rings (SSSR count). The SMILES string of the molecule is CC1(Nc2cccc(Br)c2C(N)=S)CC1. The van der Waals surface area contributed by atoms with Crippen molar-refractivity contribution in [2.45, 2.75) is 25.3 Å². The molecule has 80 valence electrons. The van der Waals surface area contributed by atoms with Gasteiger partial charge in [-0.2, -0.15) is 0 Å². The summed E-state index contributed by atoms with van der Waals surface area (Å²) in [5.41, 5.74) is 7.88. The van der Waals surface area contributed by atoms with Crippen LogP contribution in [0.15, 0.2) is 22.7 Å². The summed E-state index contributed by atoms with van der Waals surface area (Å²) in [6.45, 7) is 2.21. The van der Waals surface area contributed by atoms with E-state index in [1.807, 2.05) is 18.2 Å². The summed E-state index contributed by atoms with van der Waals surface area (Å²) in [6.07, 6.45) is 2.41. The number of anilines is 1. The Labute approximate surface area is 103 Å². The molecule has 0 amide bonds. The van der Waals surface area contributed by atoms with Gasteiger partial charge in [0, 0.05) is 21.3 Å². The normalized spacial score (nSPS) is 17.2. The van der Waals surface area contributed by atoms with Gasteiger partial charge in [0.2, 0.25) is 0 Å². The Bertz CT molecular complexity index is 413. The van der Waals surface area contributed by atoms with E-state index in [0.717, 1.165) is 15.7 Å². The molecular weight excluding hydrogens is 272 g/mol. The molecule has 3 N–H and O–H groups in total. The third-order valence-corrected chi connectivity index (χ3v) is 3.56. The van der Waals surface area contributed by atoms with E-state index in [9.17, 15) is 0 Å². The highest BCUT2D eigenvalue weighted by molar-refractivity contribution is 9.10. The van der Waals surface area contributed by atoms with E-state index in [1.165, 1.54) is 12.8 Å². The molecule has 0 bridgehead atoms. The van der Waals surface area contributed by atoms with Crippen LogP contribution in [-0.2, 0) is 0 Å². The van der Waals surface area contributed by atoms with Crippen molar-refractivity contribution in [2.24, 2.45) is 5.73 Å². The van der Waals surface area contributed by atoms with Crippen LogP contribution < -0.4 is 11.1 Å². The van der Waals surface area contributed by atoms with E-state index >= 15 is 0 Å². The van der Waals surface area contributed by atoms with E-state index in [2.05, 4.69) is 28.2 Å². The average Bonchev–Trinajstić information content (AvgIpc) is 2.82. The van der Waals surface area contributed by atoms with Crippen molar-refractivity contribution in [2.75, 3.05) is 5.32 Å². The highest BCUT2D eigenvalue weighted by atomic mass is 79.9. The first-order valence-electron chi connectivity index (χ1n) is 4.88. The molecule has 2 nitrogen and oxygen atoms in total. The lowest BCUT2D eigenvalue weighted by molar-refractivity contribution is 0.829. The summed E-state index contributed by atoms with van der Waals surface area (Å²) in [7, 11) is 0. The Morgan fingerprint density at radius 1 is 1.53 bits per heavy atom. The molecule has 1 saturated carbocycles. The fourth-order valence-corrected chi connectivity index (χ4v) is 2.45. The summed E-state index contributed by atoms with van der Waals surface area (Å²) < 4.78 is 0.948. The van der Waals surface area contributed by atoms with Crippen LogP contribution >= 0.6 is 28.1 Å². The van der Waals surface area contributed by atoms with Gasteiger partial charge >= 0.3 is 0 Å². The second-order valence-electron chi connectivity index (χ2n) is 4.21. The van der Waals surface area contributed by atoms with Crippen LogP contribution in [0.4, 0.5) is 5.69 Å². The molecule has 0 aromatic heterocycles. The molecule has 15 heavy (non-hydrogen) atoms. The van der Waals surface area contributed by atoms with Gasteiger partial charge in [0.15, 0.2) is 0 Å². The summed E-state index contributed by atoms with van der Waals surface area (Å²) in [4.78, 5) is 0.425. The number of hydrogen-bond donors (Lipinski definition) is 2. The largest absolute Gasteiger partial charge is 0.389 e. The van der Waals surface area contributed by atoms with Gasteiger partial charge in [-0.05, 0) is 47.8 Å². The molecule has 4 heteroatoms. The topological polar surface area (TPSA) is 38.0 Å². The third-order valence-electron chi connectivity index (χ3n) is 2.70. The first-order chi connectivity index (χ1) is 7.02. The predicted octanol–water partition coefficient (Wildman–Crippen LogP) is 3.05. The van der Waals surface area contributed by atoms with Crippen molar-refractivity contribution in [1.82, 2.24) is 0 Å². The van der Waals surface area contributed by atoms with Crippen molar-refractivity contribution in [3.8, 4) is 0 Å². The molecule has 0 spiro atoms. The fourth-order valence-electron chi connectivity index (χ4n) is 1.52. The maximum Gasteiger partial charge on any atom is 0.107 e. The minimum atomic E-state index is 0.236. The van der Waals surface area contributed by atoms with E-state index in [0.29, 0.717) is 4.99 Å². The molecule has 1 aliphatic carbocycles. The Morgan fingerprint density at radius 3 is 2.73 bits per heavy atom. The van der Waals surface area contributed by atoms with Gasteiger partial charge in [0.1, 0.15) is 4.99 Å². The summed E-state index contributed by atoms with van der Waals surface area (Å²) >= 11 is 8.52. The maximum absolute atomic E-state index is 5.72. The van der Waals surface area contributed by atoms with Crippen LogP contribution in [0.2, 0.25) is 0 Å². The van der Waals surface area contributed by atoms with Gasteiger partial charge in [-0.25, -0.2) is 0 Å². The lowest BCUT2D eigenvalue weighted by atomic mass is 10.1. The minimum Gasteiger partial charge on any atom is -0.389 e. The lowest BCUT2D eigenvalue weighted by Crippen LogP contribution is -2.20.